The second-order valence-electron chi connectivity index (χ2n) is 6.24. The lowest BCUT2D eigenvalue weighted by molar-refractivity contribution is 0.387. The smallest absolute Gasteiger partial charge is 0.152 e. The Hall–Kier alpha value is 7.64. The van der Waals surface area contributed by atoms with E-state index in [-0.39, 0.29) is 6.10 Å². The normalized spacial score (nSPS) is 22.4. The summed E-state index contributed by atoms with van der Waals surface area (Å²) in [4.78, 5) is 0. The fourth-order valence-electron chi connectivity index (χ4n) is 1.89. The van der Waals surface area contributed by atoms with Gasteiger partial charge in [-0.3, -0.25) is 0 Å². The quantitative estimate of drug-likeness (QED) is 0.174. The summed E-state index contributed by atoms with van der Waals surface area (Å²) in [5.41, 5.74) is 0. The van der Waals surface area contributed by atoms with Crippen molar-refractivity contribution < 1.29 is 4.74 Å². The van der Waals surface area contributed by atoms with Crippen molar-refractivity contribution in [2.24, 2.45) is 0 Å². The molecule has 1 aliphatic heterocycles. The van der Waals surface area contributed by atoms with Crippen LogP contribution in [0, 0.1) is 0 Å². The van der Waals surface area contributed by atoms with Crippen LogP contribution in [0.5, 0.6) is 0 Å². The summed E-state index contributed by atoms with van der Waals surface area (Å²) < 4.78 is -0.965. The lowest BCUT2D eigenvalue weighted by atomic mass is 10.0. The zero-order chi connectivity index (χ0) is 23.7. The van der Waals surface area contributed by atoms with Crippen molar-refractivity contribution >= 4 is 255 Å². The summed E-state index contributed by atoms with van der Waals surface area (Å²) in [6.07, 6.45) is 0.873. The highest BCUT2D eigenvalue weighted by molar-refractivity contribution is 9.40. The number of rotatable bonds is 8. The van der Waals surface area contributed by atoms with Crippen molar-refractivity contribution in [3.05, 3.63) is 0 Å². The predicted octanol–water partition coefficient (Wildman–Crippen LogP) is 12.7. The molecule has 1 heterocycles. The van der Waals surface area contributed by atoms with E-state index in [1.54, 1.807) is 0 Å². The van der Waals surface area contributed by atoms with Crippen LogP contribution in [-0.4, -0.2) is 38.6 Å². The summed E-state index contributed by atoms with van der Waals surface area (Å²) in [7, 11) is 0. The van der Waals surface area contributed by atoms with Crippen LogP contribution in [0.3, 0.4) is 0 Å². The molecule has 1 saturated heterocycles. The Morgan fingerprint density at radius 1 is 0.586 bits per heavy atom. The Labute approximate surface area is 305 Å². The molecule has 1 rings (SSSR count). The number of hydrogen-bond acceptors (Lipinski definition) is 1. The molecule has 0 spiro atoms. The van der Waals surface area contributed by atoms with E-state index in [1.807, 2.05) is 6.92 Å². The summed E-state index contributed by atoms with van der Waals surface area (Å²) in [6, 6.07) is 0. The van der Waals surface area contributed by atoms with Crippen LogP contribution in [0.25, 0.3) is 0 Å². The Morgan fingerprint density at radius 2 is 0.897 bits per heavy atom. The first-order valence-corrected chi connectivity index (χ1v) is 19.7. The van der Waals surface area contributed by atoms with Gasteiger partial charge in [-0.2, -0.15) is 0 Å². The average Bonchev–Trinajstić information content (AvgIpc) is 3.27. The van der Waals surface area contributed by atoms with Gasteiger partial charge in [0, 0.05) is 6.42 Å². The molecule has 1 aliphatic rings. The first-order valence-electron chi connectivity index (χ1n) is 6.97. The van der Waals surface area contributed by atoms with Gasteiger partial charge >= 0.3 is 0 Å². The Bertz CT molecular complexity index is 614. The summed E-state index contributed by atoms with van der Waals surface area (Å²) in [6.45, 7) is 2.73. The zero-order valence-corrected chi connectivity index (χ0v) is 38.8. The number of halogens is 16. The summed E-state index contributed by atoms with van der Waals surface area (Å²) in [5, 5.41) is 0. The maximum atomic E-state index is 5.43. The first-order chi connectivity index (χ1) is 12.3. The molecule has 174 valence electrons. The minimum Gasteiger partial charge on any atom is -0.373 e. The molecule has 1 fully saturated rings. The molecule has 29 heavy (non-hydrogen) atoms. The molecule has 0 bridgehead atoms. The Kier molecular flexibility index (Phi) is 13.5. The Balaban J connectivity index is 3.52. The fraction of sp³-hybridized carbons (Fsp3) is 1.00. The van der Waals surface area contributed by atoms with E-state index in [0.29, 0.717) is 6.42 Å². The Morgan fingerprint density at radius 3 is 1.21 bits per heavy atom. The second kappa shape index (κ2) is 11.3. The molecule has 0 saturated carbocycles. The highest BCUT2D eigenvalue weighted by atomic mass is 80.0. The minimum absolute atomic E-state index is 0.171. The molecule has 0 aromatic carbocycles. The van der Waals surface area contributed by atoms with Gasteiger partial charge in [0.05, 0.1) is 17.0 Å². The van der Waals surface area contributed by atoms with Gasteiger partial charge < -0.3 is 4.74 Å². The molecule has 0 aliphatic carbocycles. The maximum Gasteiger partial charge on any atom is 0.152 e. The van der Waals surface area contributed by atoms with Crippen molar-refractivity contribution in [3.63, 3.8) is 0 Å². The zero-order valence-electron chi connectivity index (χ0n) is 13.4. The van der Waals surface area contributed by atoms with E-state index in [2.05, 4.69) is 255 Å². The number of ether oxygens (including phenoxy) is 1. The van der Waals surface area contributed by atoms with Gasteiger partial charge in [0.2, 0.25) is 0 Å². The van der Waals surface area contributed by atoms with Gasteiger partial charge in [-0.05, 0) is 6.92 Å². The van der Waals surface area contributed by atoms with Crippen LogP contribution in [0.4, 0.5) is 0 Å². The van der Waals surface area contributed by atoms with Crippen molar-refractivity contribution in [2.45, 2.75) is 45.3 Å². The molecule has 0 aromatic heterocycles. The number of hydrogen-bond donors (Lipinski definition) is 0. The van der Waals surface area contributed by atoms with E-state index in [0.717, 1.165) is 6.61 Å². The van der Waals surface area contributed by atoms with Gasteiger partial charge in [-0.1, -0.05) is 255 Å². The van der Waals surface area contributed by atoms with Gasteiger partial charge in [-0.25, -0.2) is 0 Å². The van der Waals surface area contributed by atoms with E-state index in [9.17, 15) is 0 Å². The van der Waals surface area contributed by atoms with Crippen molar-refractivity contribution in [2.75, 3.05) is 6.61 Å². The van der Waals surface area contributed by atoms with E-state index in [4.69, 9.17) is 4.74 Å². The van der Waals surface area contributed by atoms with E-state index >= 15 is 0 Å². The monoisotopic (exact) mass is 1430 g/mol. The minimum atomic E-state index is -0.940. The molecule has 0 radical (unpaired) electrons. The largest absolute Gasteiger partial charge is 0.373 e. The molecule has 0 N–H and O–H groups in total. The van der Waals surface area contributed by atoms with Crippen LogP contribution >= 0.6 is 255 Å². The molecule has 0 aromatic rings. The second-order valence-corrected chi connectivity index (χ2v) is 35.6. The van der Waals surface area contributed by atoms with Gasteiger partial charge in [0.1, 0.15) is 19.4 Å². The molecule has 2 unspecified atom stereocenters. The fourth-order valence-corrected chi connectivity index (χ4v) is 16.7. The van der Waals surface area contributed by atoms with Gasteiger partial charge in [0.25, 0.3) is 0 Å². The topological polar surface area (TPSA) is 12.5 Å². The summed E-state index contributed by atoms with van der Waals surface area (Å²) in [5.74, 6) is 0. The first kappa shape index (κ1) is 34.7. The lowest BCUT2D eigenvalue weighted by Gasteiger charge is -2.58. The van der Waals surface area contributed by atoms with E-state index in [1.165, 1.54) is 0 Å². The third kappa shape index (κ3) is 6.52. The lowest BCUT2D eigenvalue weighted by Crippen LogP contribution is -2.68. The maximum absolute atomic E-state index is 5.43. The average molecular weight is 1450 g/mol. The van der Waals surface area contributed by atoms with Crippen molar-refractivity contribution in [1.29, 1.82) is 0 Å². The third-order valence-corrected chi connectivity index (χ3v) is 35.2. The van der Waals surface area contributed by atoms with E-state index < -0.39 is 25.9 Å². The van der Waals surface area contributed by atoms with Crippen LogP contribution in [0.1, 0.15) is 13.3 Å². The standard InChI is InChI=1S/C12H8Br16O/c1-5(13,12(26,27)28)7(16,17)9(20,21)11(24,25)10(22,23)8(18,19)6(14,15)2-4-3-29-4/h4H,2-3H2,1H3. The molecule has 2 atom stereocenters. The summed E-state index contributed by atoms with van der Waals surface area (Å²) >= 11 is 61.2. The van der Waals surface area contributed by atoms with Crippen LogP contribution in [0.2, 0.25) is 0 Å². The number of epoxide rings is 1. The highest BCUT2D eigenvalue weighted by Gasteiger charge is 2.76. The molecule has 0 amide bonds. The molecular weight excluding hydrogens is 1440 g/mol. The highest BCUT2D eigenvalue weighted by Crippen LogP contribution is 2.77. The molecular formula is C12H8Br16O. The van der Waals surface area contributed by atoms with Crippen LogP contribution in [-0.2, 0) is 4.74 Å². The predicted molar refractivity (Wildman–Crippen MR) is 185 cm³/mol. The van der Waals surface area contributed by atoms with Gasteiger partial charge in [0.15, 0.2) is 2.14 Å². The SMILES string of the molecule is CC(Br)(C(Br)(Br)Br)C(Br)(Br)C(Br)(Br)C(Br)(Br)C(Br)(Br)C(Br)(Br)C(Br)(Br)CC1CO1. The number of alkyl halides is 16. The van der Waals surface area contributed by atoms with Gasteiger partial charge in [-0.15, -0.1) is 0 Å². The van der Waals surface area contributed by atoms with Crippen molar-refractivity contribution in [3.8, 4) is 0 Å². The van der Waals surface area contributed by atoms with Crippen LogP contribution < -0.4 is 0 Å². The molecule has 1 nitrogen and oxygen atoms in total. The third-order valence-electron chi connectivity index (χ3n) is 4.05. The molecule has 17 heteroatoms. The van der Waals surface area contributed by atoms with Crippen molar-refractivity contribution in [1.82, 2.24) is 0 Å². The van der Waals surface area contributed by atoms with Crippen LogP contribution in [0.15, 0.2) is 0 Å².